The quantitative estimate of drug-likeness (QED) is 0.724. The van der Waals surface area contributed by atoms with Gasteiger partial charge in [-0.1, -0.05) is 30.3 Å². The second-order valence-electron chi connectivity index (χ2n) is 3.81. The Morgan fingerprint density at radius 1 is 1.31 bits per heavy atom. The molecular weight excluding hydrogens is 162 g/mol. The molecule has 70 valence electrons. The standard InChI is InChI=1S/C11H15NO/c12-10(8-13)11(6-7-11)9-4-2-1-3-5-9/h1-5,10,13H,6-8,12H2. The summed E-state index contributed by atoms with van der Waals surface area (Å²) in [7, 11) is 0. The molecule has 0 heterocycles. The number of aliphatic hydroxyl groups is 1. The van der Waals surface area contributed by atoms with Crippen molar-refractivity contribution in [3.8, 4) is 0 Å². The van der Waals surface area contributed by atoms with Gasteiger partial charge in [0, 0.05) is 11.5 Å². The average molecular weight is 177 g/mol. The summed E-state index contributed by atoms with van der Waals surface area (Å²) in [6.45, 7) is 0.0783. The van der Waals surface area contributed by atoms with Crippen molar-refractivity contribution in [1.29, 1.82) is 0 Å². The molecular formula is C11H15NO. The highest BCUT2D eigenvalue weighted by molar-refractivity contribution is 5.33. The van der Waals surface area contributed by atoms with E-state index >= 15 is 0 Å². The minimum absolute atomic E-state index is 0.0783. The Labute approximate surface area is 78.4 Å². The molecule has 1 aliphatic rings. The Kier molecular flexibility index (Phi) is 2.10. The van der Waals surface area contributed by atoms with Crippen molar-refractivity contribution in [3.63, 3.8) is 0 Å². The lowest BCUT2D eigenvalue weighted by Gasteiger charge is -2.21. The van der Waals surface area contributed by atoms with Gasteiger partial charge in [0.15, 0.2) is 0 Å². The van der Waals surface area contributed by atoms with Crippen LogP contribution in [0.5, 0.6) is 0 Å². The van der Waals surface area contributed by atoms with Crippen LogP contribution in [0.3, 0.4) is 0 Å². The molecule has 1 aliphatic carbocycles. The Morgan fingerprint density at radius 2 is 1.92 bits per heavy atom. The molecule has 0 radical (unpaired) electrons. The first-order valence-corrected chi connectivity index (χ1v) is 4.71. The Bertz CT molecular complexity index is 279. The number of hydrogen-bond donors (Lipinski definition) is 2. The summed E-state index contributed by atoms with van der Waals surface area (Å²) in [5, 5.41) is 9.05. The third-order valence-corrected chi connectivity index (χ3v) is 3.04. The molecule has 0 bridgehead atoms. The molecule has 1 fully saturated rings. The first-order chi connectivity index (χ1) is 6.29. The number of hydrogen-bond acceptors (Lipinski definition) is 2. The van der Waals surface area contributed by atoms with Gasteiger partial charge in [-0.25, -0.2) is 0 Å². The second kappa shape index (κ2) is 3.13. The van der Waals surface area contributed by atoms with Crippen molar-refractivity contribution >= 4 is 0 Å². The van der Waals surface area contributed by atoms with E-state index < -0.39 is 0 Å². The van der Waals surface area contributed by atoms with Gasteiger partial charge < -0.3 is 10.8 Å². The topological polar surface area (TPSA) is 46.2 Å². The molecule has 2 nitrogen and oxygen atoms in total. The summed E-state index contributed by atoms with van der Waals surface area (Å²) in [6.07, 6.45) is 2.22. The van der Waals surface area contributed by atoms with Crippen molar-refractivity contribution in [2.45, 2.75) is 24.3 Å². The molecule has 1 saturated carbocycles. The SMILES string of the molecule is NC(CO)C1(c2ccccc2)CC1. The maximum absolute atomic E-state index is 9.05. The van der Waals surface area contributed by atoms with E-state index in [4.69, 9.17) is 10.8 Å². The lowest BCUT2D eigenvalue weighted by atomic mass is 9.89. The van der Waals surface area contributed by atoms with Gasteiger partial charge in [0.05, 0.1) is 6.61 Å². The molecule has 1 aromatic carbocycles. The largest absolute Gasteiger partial charge is 0.395 e. The molecule has 0 aliphatic heterocycles. The van der Waals surface area contributed by atoms with Crippen LogP contribution in [0.4, 0.5) is 0 Å². The molecule has 0 aromatic heterocycles. The zero-order valence-corrected chi connectivity index (χ0v) is 7.61. The lowest BCUT2D eigenvalue weighted by Crippen LogP contribution is -2.37. The van der Waals surface area contributed by atoms with Gasteiger partial charge in [0.1, 0.15) is 0 Å². The molecule has 2 rings (SSSR count). The summed E-state index contributed by atoms with van der Waals surface area (Å²) in [4.78, 5) is 0. The van der Waals surface area contributed by atoms with Crippen molar-refractivity contribution in [3.05, 3.63) is 35.9 Å². The van der Waals surface area contributed by atoms with E-state index in [1.54, 1.807) is 0 Å². The van der Waals surface area contributed by atoms with Crippen LogP contribution in [0.15, 0.2) is 30.3 Å². The Morgan fingerprint density at radius 3 is 2.38 bits per heavy atom. The van der Waals surface area contributed by atoms with Gasteiger partial charge >= 0.3 is 0 Å². The normalized spacial score (nSPS) is 21.1. The van der Waals surface area contributed by atoms with Gasteiger partial charge in [-0.2, -0.15) is 0 Å². The summed E-state index contributed by atoms with van der Waals surface area (Å²) in [6, 6.07) is 10.2. The molecule has 0 amide bonds. The summed E-state index contributed by atoms with van der Waals surface area (Å²) in [5.41, 5.74) is 7.25. The third kappa shape index (κ3) is 1.36. The predicted molar refractivity (Wildman–Crippen MR) is 52.4 cm³/mol. The number of rotatable bonds is 3. The molecule has 1 aromatic rings. The van der Waals surface area contributed by atoms with Gasteiger partial charge in [0.2, 0.25) is 0 Å². The smallest absolute Gasteiger partial charge is 0.0591 e. The van der Waals surface area contributed by atoms with Gasteiger partial charge in [0.25, 0.3) is 0 Å². The van der Waals surface area contributed by atoms with E-state index in [9.17, 15) is 0 Å². The molecule has 3 N–H and O–H groups in total. The molecule has 2 heteroatoms. The average Bonchev–Trinajstić information content (AvgIpc) is 2.99. The van der Waals surface area contributed by atoms with E-state index in [-0.39, 0.29) is 18.1 Å². The first-order valence-electron chi connectivity index (χ1n) is 4.71. The zero-order chi connectivity index (χ0) is 9.31. The van der Waals surface area contributed by atoms with Crippen LogP contribution in [0.25, 0.3) is 0 Å². The van der Waals surface area contributed by atoms with Crippen LogP contribution < -0.4 is 5.73 Å². The summed E-state index contributed by atoms with van der Waals surface area (Å²) >= 11 is 0. The van der Waals surface area contributed by atoms with Gasteiger partial charge in [-0.05, 0) is 18.4 Å². The Hall–Kier alpha value is -0.860. The number of benzene rings is 1. The highest BCUT2D eigenvalue weighted by Gasteiger charge is 2.48. The fourth-order valence-electron chi connectivity index (χ4n) is 1.95. The molecule has 0 spiro atoms. The van der Waals surface area contributed by atoms with Crippen LogP contribution in [0.2, 0.25) is 0 Å². The number of aliphatic hydroxyl groups excluding tert-OH is 1. The molecule has 1 atom stereocenters. The van der Waals surface area contributed by atoms with Crippen LogP contribution >= 0.6 is 0 Å². The van der Waals surface area contributed by atoms with Crippen molar-refractivity contribution in [2.24, 2.45) is 5.73 Å². The number of nitrogens with two attached hydrogens (primary N) is 1. The second-order valence-corrected chi connectivity index (χ2v) is 3.81. The van der Waals surface area contributed by atoms with Crippen LogP contribution in [0, 0.1) is 0 Å². The van der Waals surface area contributed by atoms with E-state index in [0.717, 1.165) is 12.8 Å². The summed E-state index contributed by atoms with van der Waals surface area (Å²) < 4.78 is 0. The fourth-order valence-corrected chi connectivity index (χ4v) is 1.95. The molecule has 13 heavy (non-hydrogen) atoms. The maximum Gasteiger partial charge on any atom is 0.0591 e. The maximum atomic E-state index is 9.05. The first kappa shape index (κ1) is 8.73. The summed E-state index contributed by atoms with van der Waals surface area (Å²) in [5.74, 6) is 0. The fraction of sp³-hybridized carbons (Fsp3) is 0.455. The minimum Gasteiger partial charge on any atom is -0.395 e. The minimum atomic E-state index is -0.102. The van der Waals surface area contributed by atoms with E-state index in [2.05, 4.69) is 12.1 Å². The van der Waals surface area contributed by atoms with Gasteiger partial charge in [-0.3, -0.25) is 0 Å². The van der Waals surface area contributed by atoms with E-state index in [1.807, 2.05) is 18.2 Å². The van der Waals surface area contributed by atoms with Crippen LogP contribution in [-0.2, 0) is 5.41 Å². The monoisotopic (exact) mass is 177 g/mol. The molecule has 0 saturated heterocycles. The highest BCUT2D eigenvalue weighted by atomic mass is 16.3. The van der Waals surface area contributed by atoms with Gasteiger partial charge in [-0.15, -0.1) is 0 Å². The van der Waals surface area contributed by atoms with Crippen molar-refractivity contribution < 1.29 is 5.11 Å². The third-order valence-electron chi connectivity index (χ3n) is 3.04. The van der Waals surface area contributed by atoms with E-state index in [1.165, 1.54) is 5.56 Å². The van der Waals surface area contributed by atoms with Crippen molar-refractivity contribution in [2.75, 3.05) is 6.61 Å². The highest BCUT2D eigenvalue weighted by Crippen LogP contribution is 2.50. The van der Waals surface area contributed by atoms with Crippen LogP contribution in [0.1, 0.15) is 18.4 Å². The lowest BCUT2D eigenvalue weighted by molar-refractivity contribution is 0.242. The van der Waals surface area contributed by atoms with Crippen LogP contribution in [-0.4, -0.2) is 17.8 Å². The Balaban J connectivity index is 2.26. The van der Waals surface area contributed by atoms with E-state index in [0.29, 0.717) is 0 Å². The zero-order valence-electron chi connectivity index (χ0n) is 7.61. The molecule has 1 unspecified atom stereocenters. The van der Waals surface area contributed by atoms with Crippen molar-refractivity contribution in [1.82, 2.24) is 0 Å². The predicted octanol–water partition coefficient (Wildman–Crippen LogP) is 1.04.